The van der Waals surface area contributed by atoms with Crippen molar-refractivity contribution in [2.75, 3.05) is 12.8 Å². The molecule has 0 spiro atoms. The van der Waals surface area contributed by atoms with Crippen molar-refractivity contribution in [1.29, 1.82) is 0 Å². The highest BCUT2D eigenvalue weighted by molar-refractivity contribution is 9.10. The van der Waals surface area contributed by atoms with Gasteiger partial charge in [0.2, 0.25) is 5.88 Å². The zero-order chi connectivity index (χ0) is 14.7. The van der Waals surface area contributed by atoms with Crippen LogP contribution in [-0.2, 0) is 4.74 Å². The van der Waals surface area contributed by atoms with Crippen molar-refractivity contribution in [3.8, 4) is 11.6 Å². The van der Waals surface area contributed by atoms with Crippen molar-refractivity contribution in [3.05, 3.63) is 46.3 Å². The zero-order valence-electron chi connectivity index (χ0n) is 10.4. The lowest BCUT2D eigenvalue weighted by atomic mass is 10.2. The maximum atomic E-state index is 13.0. The Hall–Kier alpha value is -2.15. The summed E-state index contributed by atoms with van der Waals surface area (Å²) in [6, 6.07) is 5.28. The molecule has 2 rings (SSSR count). The lowest BCUT2D eigenvalue weighted by molar-refractivity contribution is 0.0597. The average Bonchev–Trinajstić information content (AvgIpc) is 2.42. The number of esters is 1. The molecule has 20 heavy (non-hydrogen) atoms. The number of anilines is 1. The highest BCUT2D eigenvalue weighted by Crippen LogP contribution is 2.31. The van der Waals surface area contributed by atoms with E-state index >= 15 is 0 Å². The van der Waals surface area contributed by atoms with E-state index in [9.17, 15) is 9.18 Å². The molecule has 0 saturated carbocycles. The molecule has 0 aliphatic rings. The van der Waals surface area contributed by atoms with E-state index in [0.29, 0.717) is 15.9 Å². The third-order valence-corrected chi connectivity index (χ3v) is 3.00. The van der Waals surface area contributed by atoms with E-state index in [-0.39, 0.29) is 11.4 Å². The molecule has 1 aromatic heterocycles. The molecule has 0 aliphatic heterocycles. The molecule has 7 heteroatoms. The number of hydrogen-bond donors (Lipinski definition) is 1. The van der Waals surface area contributed by atoms with Gasteiger partial charge in [0.05, 0.1) is 23.5 Å². The molecular weight excluding hydrogens is 331 g/mol. The van der Waals surface area contributed by atoms with E-state index in [4.69, 9.17) is 10.5 Å². The molecule has 0 saturated heterocycles. The normalized spacial score (nSPS) is 10.2. The summed E-state index contributed by atoms with van der Waals surface area (Å²) >= 11 is 3.16. The molecule has 2 N–H and O–H groups in total. The number of nitrogens with two attached hydrogens (primary N) is 1. The molecule has 0 aliphatic carbocycles. The van der Waals surface area contributed by atoms with E-state index < -0.39 is 11.8 Å². The third kappa shape index (κ3) is 3.05. The van der Waals surface area contributed by atoms with Crippen LogP contribution in [0.15, 0.2) is 34.9 Å². The number of carbonyl (C=O) groups is 1. The van der Waals surface area contributed by atoms with E-state index in [1.807, 2.05) is 0 Å². The van der Waals surface area contributed by atoms with Gasteiger partial charge in [0.15, 0.2) is 0 Å². The van der Waals surface area contributed by atoms with E-state index in [1.54, 1.807) is 0 Å². The predicted octanol–water partition coefficient (Wildman–Crippen LogP) is 3.14. The highest BCUT2D eigenvalue weighted by atomic mass is 79.9. The number of ether oxygens (including phenoxy) is 2. The minimum Gasteiger partial charge on any atom is -0.465 e. The topological polar surface area (TPSA) is 74.4 Å². The van der Waals surface area contributed by atoms with Crippen LogP contribution in [0, 0.1) is 5.82 Å². The van der Waals surface area contributed by atoms with Gasteiger partial charge in [-0.1, -0.05) is 0 Å². The molecular formula is C13H10BrFN2O3. The maximum Gasteiger partial charge on any atom is 0.343 e. The average molecular weight is 341 g/mol. The number of methoxy groups -OCH3 is 1. The first-order valence-corrected chi connectivity index (χ1v) is 6.27. The van der Waals surface area contributed by atoms with Crippen molar-refractivity contribution in [2.24, 2.45) is 0 Å². The van der Waals surface area contributed by atoms with Crippen LogP contribution >= 0.6 is 15.9 Å². The van der Waals surface area contributed by atoms with Gasteiger partial charge in [-0.15, -0.1) is 0 Å². The molecule has 104 valence electrons. The number of benzene rings is 1. The molecule has 1 aromatic carbocycles. The van der Waals surface area contributed by atoms with Gasteiger partial charge in [-0.05, 0) is 40.2 Å². The smallest absolute Gasteiger partial charge is 0.343 e. The number of halogens is 2. The summed E-state index contributed by atoms with van der Waals surface area (Å²) < 4.78 is 23.5. The summed E-state index contributed by atoms with van der Waals surface area (Å²) in [6.45, 7) is 0. The van der Waals surface area contributed by atoms with Gasteiger partial charge in [0.1, 0.15) is 17.1 Å². The number of pyridine rings is 1. The molecule has 0 fully saturated rings. The van der Waals surface area contributed by atoms with Gasteiger partial charge in [0.25, 0.3) is 0 Å². The largest absolute Gasteiger partial charge is 0.465 e. The number of nitrogen functional groups attached to an aromatic ring is 1. The van der Waals surface area contributed by atoms with Crippen LogP contribution in [0.1, 0.15) is 10.4 Å². The Kier molecular flexibility index (Phi) is 4.19. The number of rotatable bonds is 3. The summed E-state index contributed by atoms with van der Waals surface area (Å²) in [5.41, 5.74) is 5.97. The van der Waals surface area contributed by atoms with Gasteiger partial charge in [0, 0.05) is 0 Å². The van der Waals surface area contributed by atoms with E-state index in [0.717, 1.165) is 0 Å². The Morgan fingerprint density at radius 1 is 1.40 bits per heavy atom. The van der Waals surface area contributed by atoms with Crippen LogP contribution in [0.25, 0.3) is 0 Å². The Labute approximate surface area is 122 Å². The fraction of sp³-hybridized carbons (Fsp3) is 0.0769. The molecule has 0 unspecified atom stereocenters. The maximum absolute atomic E-state index is 13.0. The van der Waals surface area contributed by atoms with Crippen LogP contribution in [0.2, 0.25) is 0 Å². The first-order chi connectivity index (χ1) is 9.51. The lowest BCUT2D eigenvalue weighted by Crippen LogP contribution is -2.06. The summed E-state index contributed by atoms with van der Waals surface area (Å²) in [5.74, 6) is -0.701. The molecule has 1 heterocycles. The van der Waals surface area contributed by atoms with E-state index in [1.165, 1.54) is 37.6 Å². The number of nitrogens with zero attached hydrogens (tertiary/aromatic N) is 1. The summed E-state index contributed by atoms with van der Waals surface area (Å²) in [7, 11) is 1.24. The van der Waals surface area contributed by atoms with Gasteiger partial charge < -0.3 is 15.2 Å². The molecule has 2 aromatic rings. The standard InChI is InChI=1S/C13H10BrFN2O3/c1-19-13(18)9-5-8(16)6-17-12(9)20-11-3-2-7(15)4-10(11)14/h2-6H,16H2,1H3. The molecule has 0 radical (unpaired) electrons. The molecule has 0 bridgehead atoms. The summed E-state index contributed by atoms with van der Waals surface area (Å²) in [4.78, 5) is 15.6. The lowest BCUT2D eigenvalue weighted by Gasteiger charge is -2.10. The molecule has 5 nitrogen and oxygen atoms in total. The fourth-order valence-electron chi connectivity index (χ4n) is 1.47. The summed E-state index contributed by atoms with van der Waals surface area (Å²) in [6.07, 6.45) is 1.35. The van der Waals surface area contributed by atoms with Crippen molar-refractivity contribution in [2.45, 2.75) is 0 Å². The third-order valence-electron chi connectivity index (χ3n) is 2.38. The van der Waals surface area contributed by atoms with Crippen molar-refractivity contribution in [1.82, 2.24) is 4.98 Å². The van der Waals surface area contributed by atoms with Crippen LogP contribution in [0.4, 0.5) is 10.1 Å². The molecule has 0 amide bonds. The van der Waals surface area contributed by atoms with Crippen molar-refractivity contribution < 1.29 is 18.7 Å². The first kappa shape index (κ1) is 14.3. The Morgan fingerprint density at radius 2 is 2.15 bits per heavy atom. The van der Waals surface area contributed by atoms with Crippen molar-refractivity contribution >= 4 is 27.6 Å². The molecule has 0 atom stereocenters. The minimum atomic E-state index is -0.627. The summed E-state index contributed by atoms with van der Waals surface area (Å²) in [5, 5.41) is 0. The van der Waals surface area contributed by atoms with Gasteiger partial charge in [-0.3, -0.25) is 0 Å². The van der Waals surface area contributed by atoms with Gasteiger partial charge >= 0.3 is 5.97 Å². The van der Waals surface area contributed by atoms with Crippen molar-refractivity contribution in [3.63, 3.8) is 0 Å². The zero-order valence-corrected chi connectivity index (χ0v) is 12.0. The van der Waals surface area contributed by atoms with Crippen LogP contribution in [0.5, 0.6) is 11.6 Å². The second-order valence-corrected chi connectivity index (χ2v) is 4.64. The van der Waals surface area contributed by atoms with Gasteiger partial charge in [-0.25, -0.2) is 14.2 Å². The second kappa shape index (κ2) is 5.87. The highest BCUT2D eigenvalue weighted by Gasteiger charge is 2.17. The first-order valence-electron chi connectivity index (χ1n) is 5.48. The minimum absolute atomic E-state index is 0.0263. The van der Waals surface area contributed by atoms with Crippen LogP contribution in [-0.4, -0.2) is 18.1 Å². The number of carbonyl (C=O) groups excluding carboxylic acids is 1. The monoisotopic (exact) mass is 340 g/mol. The predicted molar refractivity (Wildman–Crippen MR) is 74.2 cm³/mol. The number of hydrogen-bond acceptors (Lipinski definition) is 5. The van der Waals surface area contributed by atoms with Crippen LogP contribution in [0.3, 0.4) is 0 Å². The Morgan fingerprint density at radius 3 is 2.80 bits per heavy atom. The quantitative estimate of drug-likeness (QED) is 0.868. The number of aromatic nitrogens is 1. The SMILES string of the molecule is COC(=O)c1cc(N)cnc1Oc1ccc(F)cc1Br. The van der Waals surface area contributed by atoms with E-state index in [2.05, 4.69) is 25.7 Å². The second-order valence-electron chi connectivity index (χ2n) is 3.79. The Bertz CT molecular complexity index is 664. The van der Waals surface area contributed by atoms with Crippen LogP contribution < -0.4 is 10.5 Å². The Balaban J connectivity index is 2.40. The fourth-order valence-corrected chi connectivity index (χ4v) is 1.90. The van der Waals surface area contributed by atoms with Gasteiger partial charge in [-0.2, -0.15) is 0 Å².